The van der Waals surface area contributed by atoms with Gasteiger partial charge in [0.2, 0.25) is 0 Å². The zero-order valence-corrected chi connectivity index (χ0v) is 12.3. The van der Waals surface area contributed by atoms with E-state index in [0.29, 0.717) is 6.42 Å². The van der Waals surface area contributed by atoms with Crippen LogP contribution in [0.15, 0.2) is 54.7 Å². The topological polar surface area (TPSA) is 53.1 Å². The van der Waals surface area contributed by atoms with Gasteiger partial charge in [0.05, 0.1) is 6.42 Å². The highest BCUT2D eigenvalue weighted by Crippen LogP contribution is 2.35. The van der Waals surface area contributed by atoms with E-state index in [0.717, 1.165) is 17.7 Å². The fourth-order valence-electron chi connectivity index (χ4n) is 2.67. The maximum Gasteiger partial charge on any atom is 0.304 e. The second-order valence-electron chi connectivity index (χ2n) is 5.31. The lowest BCUT2D eigenvalue weighted by molar-refractivity contribution is -0.138. The molecule has 0 fully saturated rings. The summed E-state index contributed by atoms with van der Waals surface area (Å²) in [6, 6.07) is 13.9. The van der Waals surface area contributed by atoms with Crippen molar-refractivity contribution in [1.82, 2.24) is 4.98 Å². The fraction of sp³-hybridized carbons (Fsp3) is 0.278. The minimum absolute atomic E-state index is 0.128. The molecule has 0 bridgehead atoms. The van der Waals surface area contributed by atoms with Gasteiger partial charge in [-0.2, -0.15) is 0 Å². The number of aromatic nitrogens is 1. The van der Waals surface area contributed by atoms with Gasteiger partial charge in [0, 0.05) is 17.3 Å². The molecule has 21 heavy (non-hydrogen) atoms. The molecule has 2 rings (SSSR count). The van der Waals surface area contributed by atoms with Gasteiger partial charge in [-0.15, -0.1) is 0 Å². The summed E-state index contributed by atoms with van der Waals surface area (Å²) in [5.74, 6) is -0.764. The summed E-state index contributed by atoms with van der Waals surface area (Å²) in [4.78, 5) is 14.4. The molecule has 1 aromatic heterocycles. The Balaban J connectivity index is 2.20. The van der Waals surface area contributed by atoms with Gasteiger partial charge >= 0.3 is 5.97 Å². The van der Waals surface area contributed by atoms with Gasteiger partial charge in [0.25, 0.3) is 0 Å². The number of hydrogen-bond donors (Lipinski definition) is 2. The zero-order valence-electron chi connectivity index (χ0n) is 12.3. The third-order valence-corrected chi connectivity index (χ3v) is 3.95. The Kier molecular flexibility index (Phi) is 4.99. The van der Waals surface area contributed by atoms with Crippen LogP contribution in [-0.4, -0.2) is 16.1 Å². The molecule has 0 spiro atoms. The van der Waals surface area contributed by atoms with Crippen LogP contribution in [-0.2, 0) is 10.2 Å². The number of rotatable bonds is 7. The molecule has 0 radical (unpaired) electrons. The second-order valence-corrected chi connectivity index (χ2v) is 5.31. The average Bonchev–Trinajstić information content (AvgIpc) is 3.01. The first-order valence-corrected chi connectivity index (χ1v) is 7.23. The molecule has 110 valence electrons. The van der Waals surface area contributed by atoms with Crippen LogP contribution >= 0.6 is 0 Å². The Hall–Kier alpha value is -2.29. The van der Waals surface area contributed by atoms with Crippen LogP contribution in [0, 0.1) is 0 Å². The molecule has 0 aliphatic heterocycles. The summed E-state index contributed by atoms with van der Waals surface area (Å²) < 4.78 is 0. The minimum Gasteiger partial charge on any atom is -0.481 e. The largest absolute Gasteiger partial charge is 0.481 e. The molecule has 0 aliphatic carbocycles. The lowest BCUT2D eigenvalue weighted by Crippen LogP contribution is -2.28. The number of hydrogen-bond acceptors (Lipinski definition) is 1. The number of aliphatic carboxylic acids is 1. The Morgan fingerprint density at radius 2 is 2.00 bits per heavy atom. The molecular weight excluding hydrogens is 262 g/mol. The highest BCUT2D eigenvalue weighted by atomic mass is 16.4. The summed E-state index contributed by atoms with van der Waals surface area (Å²) in [5.41, 5.74) is 1.75. The number of nitrogens with one attached hydrogen (secondary N) is 1. The van der Waals surface area contributed by atoms with Gasteiger partial charge in [0.15, 0.2) is 0 Å². The van der Waals surface area contributed by atoms with Crippen molar-refractivity contribution in [3.8, 4) is 0 Å². The predicted octanol–water partition coefficient (Wildman–Crippen LogP) is 4.24. The van der Waals surface area contributed by atoms with E-state index in [4.69, 9.17) is 0 Å². The lowest BCUT2D eigenvalue weighted by atomic mass is 9.75. The summed E-state index contributed by atoms with van der Waals surface area (Å²) in [7, 11) is 0. The minimum atomic E-state index is -0.764. The Labute approximate surface area is 125 Å². The van der Waals surface area contributed by atoms with Crippen LogP contribution in [0.1, 0.15) is 37.4 Å². The monoisotopic (exact) mass is 283 g/mol. The van der Waals surface area contributed by atoms with Crippen molar-refractivity contribution >= 4 is 12.0 Å². The van der Waals surface area contributed by atoms with Crippen molar-refractivity contribution in [2.24, 2.45) is 0 Å². The predicted molar refractivity (Wildman–Crippen MR) is 85.1 cm³/mol. The summed E-state index contributed by atoms with van der Waals surface area (Å²) >= 11 is 0. The van der Waals surface area contributed by atoms with Crippen LogP contribution in [0.5, 0.6) is 0 Å². The number of H-pyrrole nitrogens is 1. The third-order valence-electron chi connectivity index (χ3n) is 3.95. The van der Waals surface area contributed by atoms with Crippen molar-refractivity contribution < 1.29 is 9.90 Å². The quantitative estimate of drug-likeness (QED) is 0.798. The molecule has 3 heteroatoms. The van der Waals surface area contributed by atoms with Crippen molar-refractivity contribution in [2.45, 2.75) is 31.6 Å². The smallest absolute Gasteiger partial charge is 0.304 e. The van der Waals surface area contributed by atoms with Crippen LogP contribution in [0.4, 0.5) is 0 Å². The number of benzene rings is 1. The van der Waals surface area contributed by atoms with Crippen LogP contribution < -0.4 is 0 Å². The molecule has 1 aromatic carbocycles. The van der Waals surface area contributed by atoms with Gasteiger partial charge < -0.3 is 10.1 Å². The summed E-state index contributed by atoms with van der Waals surface area (Å²) in [6.45, 7) is 2.04. The fourth-order valence-corrected chi connectivity index (χ4v) is 2.67. The molecule has 0 saturated carbocycles. The van der Waals surface area contributed by atoms with E-state index in [9.17, 15) is 9.90 Å². The number of allylic oxidation sites excluding steroid dienone is 1. The molecule has 2 N–H and O–H groups in total. The maximum absolute atomic E-state index is 11.3. The van der Waals surface area contributed by atoms with E-state index in [1.807, 2.05) is 55.6 Å². The number of carboxylic acids is 1. The zero-order chi connectivity index (χ0) is 15.1. The molecule has 2 aromatic rings. The molecular formula is C18H21NO2. The number of carboxylic acid groups (broad SMARTS) is 1. The Morgan fingerprint density at radius 1 is 1.24 bits per heavy atom. The SMILES string of the molecule is CCC(CC=Cc1ccccc1)(CC(=O)O)c1ccc[nH]1. The Bertz CT molecular complexity index is 587. The maximum atomic E-state index is 11.3. The van der Waals surface area contributed by atoms with E-state index in [1.165, 1.54) is 0 Å². The van der Waals surface area contributed by atoms with E-state index in [-0.39, 0.29) is 11.8 Å². The lowest BCUT2D eigenvalue weighted by Gasteiger charge is -2.29. The molecule has 0 amide bonds. The van der Waals surface area contributed by atoms with Crippen LogP contribution in [0.2, 0.25) is 0 Å². The van der Waals surface area contributed by atoms with Crippen LogP contribution in [0.3, 0.4) is 0 Å². The average molecular weight is 283 g/mol. The molecule has 3 nitrogen and oxygen atoms in total. The van der Waals surface area contributed by atoms with Crippen molar-refractivity contribution in [1.29, 1.82) is 0 Å². The standard InChI is InChI=1S/C18H21NO2/c1-2-18(14-17(20)21,16-11-7-13-19-16)12-6-10-15-8-4-3-5-9-15/h3-11,13,19H,2,12,14H2,1H3,(H,20,21). The Morgan fingerprint density at radius 3 is 2.57 bits per heavy atom. The normalized spacial score (nSPS) is 14.1. The molecule has 0 aliphatic rings. The second kappa shape index (κ2) is 6.93. The molecule has 0 saturated heterocycles. The molecule has 1 heterocycles. The van der Waals surface area contributed by atoms with Crippen LogP contribution in [0.25, 0.3) is 6.08 Å². The van der Waals surface area contributed by atoms with Gasteiger partial charge in [-0.3, -0.25) is 4.79 Å². The van der Waals surface area contributed by atoms with E-state index >= 15 is 0 Å². The first kappa shape index (κ1) is 15.1. The van der Waals surface area contributed by atoms with Crippen molar-refractivity contribution in [2.75, 3.05) is 0 Å². The van der Waals surface area contributed by atoms with Gasteiger partial charge in [0.1, 0.15) is 0 Å². The van der Waals surface area contributed by atoms with E-state index in [2.05, 4.69) is 17.1 Å². The summed E-state index contributed by atoms with van der Waals surface area (Å²) in [5, 5.41) is 9.26. The number of aromatic amines is 1. The van der Waals surface area contributed by atoms with Crippen molar-refractivity contribution in [3.63, 3.8) is 0 Å². The molecule has 1 unspecified atom stereocenters. The van der Waals surface area contributed by atoms with E-state index in [1.54, 1.807) is 0 Å². The number of carbonyl (C=O) groups is 1. The molecule has 1 atom stereocenters. The van der Waals surface area contributed by atoms with Gasteiger partial charge in [-0.1, -0.05) is 49.4 Å². The van der Waals surface area contributed by atoms with E-state index < -0.39 is 5.97 Å². The first-order chi connectivity index (χ1) is 10.2. The first-order valence-electron chi connectivity index (χ1n) is 7.23. The summed E-state index contributed by atoms with van der Waals surface area (Å²) in [6.07, 6.45) is 7.58. The van der Waals surface area contributed by atoms with Gasteiger partial charge in [-0.25, -0.2) is 0 Å². The highest BCUT2D eigenvalue weighted by Gasteiger charge is 2.32. The van der Waals surface area contributed by atoms with Gasteiger partial charge in [-0.05, 0) is 30.5 Å². The van der Waals surface area contributed by atoms with Crippen molar-refractivity contribution in [3.05, 3.63) is 66.0 Å². The highest BCUT2D eigenvalue weighted by molar-refractivity contribution is 5.69. The third kappa shape index (κ3) is 3.85.